The van der Waals surface area contributed by atoms with Crippen LogP contribution in [-0.2, 0) is 11.3 Å². The molecule has 1 aromatic carbocycles. The number of pyridine rings is 1. The highest BCUT2D eigenvalue weighted by Gasteiger charge is 2.18. The molecule has 1 aliphatic rings. The van der Waals surface area contributed by atoms with Gasteiger partial charge in [0.05, 0.1) is 17.8 Å². The van der Waals surface area contributed by atoms with E-state index in [0.29, 0.717) is 30.0 Å². The molecule has 1 aliphatic heterocycles. The van der Waals surface area contributed by atoms with E-state index in [4.69, 9.17) is 10.1 Å². The number of nitrogens with one attached hydrogen (secondary N) is 2. The summed E-state index contributed by atoms with van der Waals surface area (Å²) in [6.07, 6.45) is 2.81. The first-order valence-electron chi connectivity index (χ1n) is 8.42. The Bertz CT molecular complexity index is 826. The summed E-state index contributed by atoms with van der Waals surface area (Å²) in [5, 5.41) is 11.0. The first kappa shape index (κ1) is 17.4. The molecule has 132 valence electrons. The maximum absolute atomic E-state index is 13.9. The third-order valence-corrected chi connectivity index (χ3v) is 4.56. The SMILES string of the molecule is Cc1cc(NC2CCOCC2)c(C=N)c(=O)n1Cc1ccccc1F. The van der Waals surface area contributed by atoms with Crippen molar-refractivity contribution < 1.29 is 9.13 Å². The van der Waals surface area contributed by atoms with E-state index >= 15 is 0 Å². The Balaban J connectivity index is 1.94. The molecule has 2 N–H and O–H groups in total. The molecule has 0 bridgehead atoms. The minimum atomic E-state index is -0.338. The highest BCUT2D eigenvalue weighted by atomic mass is 19.1. The number of hydrogen-bond donors (Lipinski definition) is 2. The third kappa shape index (κ3) is 3.79. The van der Waals surface area contributed by atoms with Crippen molar-refractivity contribution >= 4 is 11.9 Å². The standard InChI is InChI=1S/C19H22FN3O2/c1-13-10-18(22-15-6-8-25-9-7-15)16(11-21)19(24)23(13)12-14-4-2-3-5-17(14)20/h2-5,10-11,15,21-22H,6-9,12H2,1H3. The van der Waals surface area contributed by atoms with E-state index in [1.165, 1.54) is 10.6 Å². The van der Waals surface area contributed by atoms with Gasteiger partial charge in [0.15, 0.2) is 0 Å². The topological polar surface area (TPSA) is 67.1 Å². The number of halogens is 1. The number of aromatic nitrogens is 1. The van der Waals surface area contributed by atoms with Gasteiger partial charge in [0.25, 0.3) is 5.56 Å². The zero-order chi connectivity index (χ0) is 17.8. The monoisotopic (exact) mass is 343 g/mol. The highest BCUT2D eigenvalue weighted by Crippen LogP contribution is 2.19. The fourth-order valence-electron chi connectivity index (χ4n) is 3.10. The molecule has 2 aromatic rings. The van der Waals surface area contributed by atoms with Crippen LogP contribution >= 0.6 is 0 Å². The van der Waals surface area contributed by atoms with Crippen LogP contribution in [0, 0.1) is 18.2 Å². The van der Waals surface area contributed by atoms with Gasteiger partial charge in [-0.15, -0.1) is 0 Å². The van der Waals surface area contributed by atoms with Crippen molar-refractivity contribution in [2.75, 3.05) is 18.5 Å². The quantitative estimate of drug-likeness (QED) is 0.820. The van der Waals surface area contributed by atoms with E-state index in [9.17, 15) is 9.18 Å². The van der Waals surface area contributed by atoms with Crippen molar-refractivity contribution in [1.82, 2.24) is 4.57 Å². The van der Waals surface area contributed by atoms with Gasteiger partial charge >= 0.3 is 0 Å². The van der Waals surface area contributed by atoms with Crippen molar-refractivity contribution in [1.29, 1.82) is 5.41 Å². The van der Waals surface area contributed by atoms with E-state index in [-0.39, 0.29) is 24.0 Å². The number of nitrogens with zero attached hydrogens (tertiary/aromatic N) is 1. The van der Waals surface area contributed by atoms with E-state index in [1.807, 2.05) is 13.0 Å². The van der Waals surface area contributed by atoms with Crippen molar-refractivity contribution in [2.45, 2.75) is 32.4 Å². The molecule has 1 aromatic heterocycles. The lowest BCUT2D eigenvalue weighted by molar-refractivity contribution is 0.0904. The number of hydrogen-bond acceptors (Lipinski definition) is 4. The number of aryl methyl sites for hydroxylation is 1. The van der Waals surface area contributed by atoms with E-state index in [1.54, 1.807) is 18.2 Å². The molecule has 0 saturated carbocycles. The molecule has 0 amide bonds. The number of rotatable bonds is 5. The van der Waals surface area contributed by atoms with Crippen LogP contribution in [0.15, 0.2) is 35.1 Å². The molecule has 1 fully saturated rings. The molecular weight excluding hydrogens is 321 g/mol. The second kappa shape index (κ2) is 7.61. The Morgan fingerprint density at radius 1 is 1.36 bits per heavy atom. The maximum Gasteiger partial charge on any atom is 0.261 e. The average Bonchev–Trinajstić information content (AvgIpc) is 2.61. The van der Waals surface area contributed by atoms with E-state index in [2.05, 4.69) is 5.32 Å². The number of anilines is 1. The van der Waals surface area contributed by atoms with Crippen LogP contribution in [0.1, 0.15) is 29.7 Å². The van der Waals surface area contributed by atoms with Gasteiger partial charge in [-0.25, -0.2) is 4.39 Å². The van der Waals surface area contributed by atoms with Crippen molar-refractivity contribution in [3.8, 4) is 0 Å². The largest absolute Gasteiger partial charge is 0.381 e. The zero-order valence-corrected chi connectivity index (χ0v) is 14.2. The van der Waals surface area contributed by atoms with Gasteiger partial charge in [-0.1, -0.05) is 18.2 Å². The summed E-state index contributed by atoms with van der Waals surface area (Å²) in [7, 11) is 0. The lowest BCUT2D eigenvalue weighted by Crippen LogP contribution is -2.32. The molecule has 0 atom stereocenters. The fourth-order valence-corrected chi connectivity index (χ4v) is 3.10. The summed E-state index contributed by atoms with van der Waals surface area (Å²) in [5.41, 5.74) is 1.86. The second-order valence-corrected chi connectivity index (χ2v) is 6.27. The molecule has 2 heterocycles. The van der Waals surface area contributed by atoms with E-state index in [0.717, 1.165) is 24.8 Å². The minimum Gasteiger partial charge on any atom is -0.381 e. The van der Waals surface area contributed by atoms with Gasteiger partial charge in [0, 0.05) is 36.7 Å². The highest BCUT2D eigenvalue weighted by molar-refractivity contribution is 5.85. The van der Waals surface area contributed by atoms with Crippen LogP contribution in [0.4, 0.5) is 10.1 Å². The lowest BCUT2D eigenvalue weighted by Gasteiger charge is -2.25. The van der Waals surface area contributed by atoms with Gasteiger partial charge in [-0.05, 0) is 31.9 Å². The number of ether oxygens (including phenoxy) is 1. The summed E-state index contributed by atoms with van der Waals surface area (Å²) in [6, 6.07) is 8.51. The lowest BCUT2D eigenvalue weighted by atomic mass is 10.1. The smallest absolute Gasteiger partial charge is 0.261 e. The molecule has 0 aliphatic carbocycles. The molecular formula is C19H22FN3O2. The zero-order valence-electron chi connectivity index (χ0n) is 14.2. The molecule has 0 spiro atoms. The summed E-state index contributed by atoms with van der Waals surface area (Å²) in [6.45, 7) is 3.36. The summed E-state index contributed by atoms with van der Waals surface area (Å²) in [5.74, 6) is -0.338. The molecule has 6 heteroatoms. The van der Waals surface area contributed by atoms with Crippen molar-refractivity contribution in [2.24, 2.45) is 0 Å². The van der Waals surface area contributed by atoms with Crippen LogP contribution in [0.2, 0.25) is 0 Å². The summed E-state index contributed by atoms with van der Waals surface area (Å²) >= 11 is 0. The first-order valence-corrected chi connectivity index (χ1v) is 8.42. The van der Waals surface area contributed by atoms with Crippen molar-refractivity contribution in [3.63, 3.8) is 0 Å². The van der Waals surface area contributed by atoms with Crippen LogP contribution < -0.4 is 10.9 Å². The van der Waals surface area contributed by atoms with Crippen LogP contribution in [0.3, 0.4) is 0 Å². The Morgan fingerprint density at radius 3 is 2.76 bits per heavy atom. The summed E-state index contributed by atoms with van der Waals surface area (Å²) in [4.78, 5) is 12.8. The molecule has 5 nitrogen and oxygen atoms in total. The third-order valence-electron chi connectivity index (χ3n) is 4.56. The van der Waals surface area contributed by atoms with E-state index < -0.39 is 0 Å². The summed E-state index contributed by atoms with van der Waals surface area (Å²) < 4.78 is 20.8. The molecule has 1 saturated heterocycles. The Morgan fingerprint density at radius 2 is 2.08 bits per heavy atom. The van der Waals surface area contributed by atoms with Gasteiger partial charge in [-0.3, -0.25) is 4.79 Å². The molecule has 0 unspecified atom stereocenters. The Hall–Kier alpha value is -2.47. The molecule has 25 heavy (non-hydrogen) atoms. The Kier molecular flexibility index (Phi) is 5.28. The number of benzene rings is 1. The van der Waals surface area contributed by atoms with Gasteiger partial charge in [0.1, 0.15) is 5.82 Å². The first-order chi connectivity index (χ1) is 12.1. The molecule has 3 rings (SSSR count). The normalized spacial score (nSPS) is 15.1. The predicted octanol–water partition coefficient (Wildman–Crippen LogP) is 2.93. The minimum absolute atomic E-state index is 0.149. The van der Waals surface area contributed by atoms with Crippen LogP contribution in [0.5, 0.6) is 0 Å². The fraction of sp³-hybridized carbons (Fsp3) is 0.368. The Labute approximate surface area is 146 Å². The second-order valence-electron chi connectivity index (χ2n) is 6.27. The van der Waals surface area contributed by atoms with Crippen LogP contribution in [0.25, 0.3) is 0 Å². The van der Waals surface area contributed by atoms with Crippen molar-refractivity contribution in [3.05, 3.63) is 63.3 Å². The average molecular weight is 343 g/mol. The predicted molar refractivity (Wildman–Crippen MR) is 96.3 cm³/mol. The molecule has 0 radical (unpaired) electrons. The van der Waals surface area contributed by atoms with Gasteiger partial charge < -0.3 is 20.0 Å². The van der Waals surface area contributed by atoms with Gasteiger partial charge in [0.2, 0.25) is 0 Å². The maximum atomic E-state index is 13.9. The van der Waals surface area contributed by atoms with Crippen LogP contribution in [-0.4, -0.2) is 30.0 Å². The van der Waals surface area contributed by atoms with Gasteiger partial charge in [-0.2, -0.15) is 0 Å².